The van der Waals surface area contributed by atoms with Crippen molar-refractivity contribution in [3.05, 3.63) is 0 Å². The van der Waals surface area contributed by atoms with Crippen molar-refractivity contribution in [2.75, 3.05) is 0 Å². The zero-order valence-electron chi connectivity index (χ0n) is 3.47. The Balaban J connectivity index is 0. The third kappa shape index (κ3) is 102. The van der Waals surface area contributed by atoms with Crippen LogP contribution in [0.25, 0.3) is 0 Å². The number of hydrogen-bond donors (Lipinski definition) is 0. The van der Waals surface area contributed by atoms with Crippen molar-refractivity contribution in [3.63, 3.8) is 0 Å². The van der Waals surface area contributed by atoms with Gasteiger partial charge in [-0.05, 0) is 0 Å². The smallest absolute Gasteiger partial charge is 1.00 e. The van der Waals surface area contributed by atoms with Gasteiger partial charge in [-0.25, -0.2) is 0 Å². The van der Waals surface area contributed by atoms with Gasteiger partial charge in [0.2, 0.25) is 0 Å². The van der Waals surface area contributed by atoms with Gasteiger partial charge in [-0.15, -0.1) is 0 Å². The molecule has 0 fully saturated rings. The average Bonchev–Trinajstić information content (AvgIpc) is 0. The van der Waals surface area contributed by atoms with E-state index >= 15 is 0 Å². The summed E-state index contributed by atoms with van der Waals surface area (Å²) < 4.78 is 0. The molecule has 0 aromatic heterocycles. The Kier molecular flexibility index (Phi) is 4010. The molecule has 0 saturated heterocycles. The summed E-state index contributed by atoms with van der Waals surface area (Å²) in [5.41, 5.74) is 0. The summed E-state index contributed by atoms with van der Waals surface area (Å²) in [7, 11) is 0. The van der Waals surface area contributed by atoms with Gasteiger partial charge in [0.1, 0.15) is 0 Å². The van der Waals surface area contributed by atoms with Crippen molar-refractivity contribution < 1.29 is 93.0 Å². The summed E-state index contributed by atoms with van der Waals surface area (Å²) in [6.07, 6.45) is 0. The Labute approximate surface area is 92.3 Å². The van der Waals surface area contributed by atoms with Crippen LogP contribution in [0.5, 0.6) is 0 Å². The molecule has 0 heterocycles. The van der Waals surface area contributed by atoms with Crippen LogP contribution in [0.4, 0.5) is 0 Å². The topological polar surface area (TPSA) is 126 Å². The van der Waals surface area contributed by atoms with Crippen LogP contribution in [0.3, 0.4) is 0 Å². The first kappa shape index (κ1) is 213. The van der Waals surface area contributed by atoms with Gasteiger partial charge >= 0.3 is 20.1 Å². The average molecular weight is 504 g/mol. The summed E-state index contributed by atoms with van der Waals surface area (Å²) >= 11 is 0. The van der Waals surface area contributed by atoms with Gasteiger partial charge in [-0.1, -0.05) is 0 Å². The molecular weight excluding hydrogens is 496 g/mol. The summed E-state index contributed by atoms with van der Waals surface area (Å²) in [4.78, 5) is 0. The third-order valence-electron chi connectivity index (χ3n) is 0. The fourth-order valence-electron chi connectivity index (χ4n) is 0. The van der Waals surface area contributed by atoms with E-state index in [1.54, 1.807) is 0 Å². The molecule has 0 aromatic carbocycles. The van der Waals surface area contributed by atoms with Gasteiger partial charge in [0.05, 0.1) is 0 Å². The fourth-order valence-corrected chi connectivity index (χ4v) is 0. The molecule has 0 atom stereocenters. The Morgan fingerprint density at radius 3 is 0.375 bits per heavy atom. The van der Waals surface area contributed by atoms with E-state index in [-0.39, 0.29) is 93.0 Å². The van der Waals surface area contributed by atoms with Crippen LogP contribution < -0.4 is 50.9 Å². The summed E-state index contributed by atoms with van der Waals surface area (Å²) in [6, 6.07) is 0. The second-order valence-corrected chi connectivity index (χ2v) is 0. The van der Waals surface area contributed by atoms with E-state index in [0.29, 0.717) is 0 Å². The molecule has 0 amide bonds. The maximum absolute atomic E-state index is 0. The second kappa shape index (κ2) is 151. The molecular formula is H8Br3IrO4. The van der Waals surface area contributed by atoms with Crippen LogP contribution in [-0.2, 0) is 20.1 Å². The van der Waals surface area contributed by atoms with Crippen molar-refractivity contribution in [2.45, 2.75) is 0 Å². The molecule has 8 N–H and O–H groups in total. The summed E-state index contributed by atoms with van der Waals surface area (Å²) in [5.74, 6) is 0. The molecule has 0 radical (unpaired) electrons. The van der Waals surface area contributed by atoms with Crippen molar-refractivity contribution in [3.8, 4) is 0 Å². The molecule has 0 bridgehead atoms. The largest absolute Gasteiger partial charge is 3.00 e. The molecule has 4 nitrogen and oxygen atoms in total. The van der Waals surface area contributed by atoms with E-state index in [9.17, 15) is 0 Å². The first-order chi connectivity index (χ1) is 0. The molecule has 0 spiro atoms. The third-order valence-corrected chi connectivity index (χ3v) is 0. The van der Waals surface area contributed by atoms with Crippen LogP contribution in [-0.4, -0.2) is 21.9 Å². The van der Waals surface area contributed by atoms with Gasteiger partial charge in [-0.2, -0.15) is 0 Å². The minimum atomic E-state index is 0. The van der Waals surface area contributed by atoms with Crippen LogP contribution >= 0.6 is 0 Å². The molecule has 62 valence electrons. The standard InChI is InChI=1S/3BrH.Ir.4H2O/h3*1H;;4*1H2/q;;;+3;;;;/p-3. The van der Waals surface area contributed by atoms with Crippen LogP contribution in [0.2, 0.25) is 0 Å². The van der Waals surface area contributed by atoms with Crippen LogP contribution in [0.1, 0.15) is 0 Å². The van der Waals surface area contributed by atoms with Gasteiger partial charge < -0.3 is 72.8 Å². The Bertz CT molecular complexity index is 11.2. The molecule has 0 saturated carbocycles. The fraction of sp³-hybridized carbons (Fsp3) is 0. The van der Waals surface area contributed by atoms with Crippen molar-refractivity contribution >= 4 is 0 Å². The Morgan fingerprint density at radius 1 is 0.375 bits per heavy atom. The predicted molar refractivity (Wildman–Crippen MR) is 14.5 cm³/mol. The monoisotopic (exact) mass is 502 g/mol. The van der Waals surface area contributed by atoms with Gasteiger partial charge in [-0.3, -0.25) is 0 Å². The van der Waals surface area contributed by atoms with E-state index in [1.165, 1.54) is 0 Å². The minimum absolute atomic E-state index is 0. The van der Waals surface area contributed by atoms with Crippen molar-refractivity contribution in [1.29, 1.82) is 0 Å². The van der Waals surface area contributed by atoms with Crippen LogP contribution in [0.15, 0.2) is 0 Å². The molecule has 0 rings (SSSR count). The van der Waals surface area contributed by atoms with Gasteiger partial charge in [0.25, 0.3) is 0 Å². The van der Waals surface area contributed by atoms with Crippen molar-refractivity contribution in [1.82, 2.24) is 0 Å². The van der Waals surface area contributed by atoms with E-state index in [2.05, 4.69) is 0 Å². The van der Waals surface area contributed by atoms with E-state index in [4.69, 9.17) is 0 Å². The van der Waals surface area contributed by atoms with E-state index in [1.807, 2.05) is 0 Å². The summed E-state index contributed by atoms with van der Waals surface area (Å²) in [6.45, 7) is 0. The molecule has 0 aliphatic heterocycles. The molecule has 0 unspecified atom stereocenters. The number of hydrogen-bond acceptors (Lipinski definition) is 0. The molecule has 0 aliphatic rings. The van der Waals surface area contributed by atoms with E-state index < -0.39 is 0 Å². The normalized spacial score (nSPS) is 0. The quantitative estimate of drug-likeness (QED) is 0.311. The van der Waals surface area contributed by atoms with E-state index in [0.717, 1.165) is 0 Å². The van der Waals surface area contributed by atoms with Gasteiger partial charge in [0, 0.05) is 0 Å². The maximum Gasteiger partial charge on any atom is 3.00 e. The number of rotatable bonds is 0. The minimum Gasteiger partial charge on any atom is -1.00 e. The number of halogens is 3. The Morgan fingerprint density at radius 2 is 0.375 bits per heavy atom. The first-order valence-electron chi connectivity index (χ1n) is 0. The van der Waals surface area contributed by atoms with Crippen molar-refractivity contribution in [2.24, 2.45) is 0 Å². The first-order valence-corrected chi connectivity index (χ1v) is 0. The van der Waals surface area contributed by atoms with Crippen LogP contribution in [0, 0.1) is 0 Å². The second-order valence-electron chi connectivity index (χ2n) is 0. The van der Waals surface area contributed by atoms with Gasteiger partial charge in [0.15, 0.2) is 0 Å². The molecule has 8 heavy (non-hydrogen) atoms. The zero-order chi connectivity index (χ0) is 0. The molecule has 0 aliphatic carbocycles. The molecule has 0 aromatic rings. The zero-order valence-corrected chi connectivity index (χ0v) is 10.6. The molecule has 8 heteroatoms. The predicted octanol–water partition coefficient (Wildman–Crippen LogP) is -12.3. The Hall–Kier alpha value is 1.93. The maximum atomic E-state index is 0. The summed E-state index contributed by atoms with van der Waals surface area (Å²) in [5, 5.41) is 0. The SMILES string of the molecule is O.O.O.O.[Br-].[Br-].[Br-].[Ir+3].